The van der Waals surface area contributed by atoms with Gasteiger partial charge >= 0.3 is 0 Å². The summed E-state index contributed by atoms with van der Waals surface area (Å²) in [7, 11) is 0. The second-order valence-corrected chi connectivity index (χ2v) is 5.05. The van der Waals surface area contributed by atoms with Gasteiger partial charge in [0.2, 0.25) is 0 Å². The van der Waals surface area contributed by atoms with Crippen LogP contribution in [0.1, 0.15) is 0 Å². The molecular weight excluding hydrogens is 389 g/mol. The van der Waals surface area contributed by atoms with Crippen LogP contribution in [0.2, 0.25) is 5.02 Å². The number of rotatable bonds is 4. The smallest absolute Gasteiger partial charge is 0.185 e. The number of hydrogen-bond donors (Lipinski definition) is 2. The summed E-state index contributed by atoms with van der Waals surface area (Å²) in [5.41, 5.74) is 11.8. The highest BCUT2D eigenvalue weighted by molar-refractivity contribution is 14.0. The molecule has 1 aromatic rings. The Hall–Kier alpha value is -0.730. The van der Waals surface area contributed by atoms with Crippen LogP contribution in [0.3, 0.4) is 0 Å². The largest absolute Gasteiger partial charge is 0.370 e. The van der Waals surface area contributed by atoms with Gasteiger partial charge in [0.25, 0.3) is 0 Å². The van der Waals surface area contributed by atoms with Crippen LogP contribution in [-0.4, -0.2) is 50.1 Å². The van der Waals surface area contributed by atoms with Crippen molar-refractivity contribution in [3.8, 4) is 0 Å². The Kier molecular flexibility index (Phi) is 7.39. The number of anilines is 1. The SMILES string of the molecule is I.NC(N)=NCCN1CCN(c2cccc(Cl)c2)CC1. The molecule has 1 saturated heterocycles. The second kappa shape index (κ2) is 8.53. The maximum Gasteiger partial charge on any atom is 0.185 e. The Morgan fingerprint density at radius 3 is 2.50 bits per heavy atom. The molecule has 1 heterocycles. The van der Waals surface area contributed by atoms with Crippen LogP contribution < -0.4 is 16.4 Å². The van der Waals surface area contributed by atoms with E-state index in [9.17, 15) is 0 Å². The van der Waals surface area contributed by atoms with Gasteiger partial charge in [0, 0.05) is 43.4 Å². The number of nitrogens with zero attached hydrogens (tertiary/aromatic N) is 3. The molecule has 7 heteroatoms. The molecule has 20 heavy (non-hydrogen) atoms. The molecule has 0 atom stereocenters. The molecule has 0 aliphatic carbocycles. The summed E-state index contributed by atoms with van der Waals surface area (Å²) in [5.74, 6) is 0.164. The van der Waals surface area contributed by atoms with E-state index in [1.54, 1.807) is 0 Å². The summed E-state index contributed by atoms with van der Waals surface area (Å²) in [5, 5.41) is 0.785. The first-order valence-corrected chi connectivity index (χ1v) is 6.81. The minimum absolute atomic E-state index is 0. The van der Waals surface area contributed by atoms with Crippen molar-refractivity contribution in [1.82, 2.24) is 4.90 Å². The average Bonchev–Trinajstić information content (AvgIpc) is 2.39. The summed E-state index contributed by atoms with van der Waals surface area (Å²) in [6.45, 7) is 5.62. The maximum atomic E-state index is 6.02. The molecular formula is C13H21ClIN5. The standard InChI is InChI=1S/C13H20ClN5.HI/c14-11-2-1-3-12(10-11)19-8-6-18(7-9-19)5-4-17-13(15)16;/h1-3,10H,4-9H2,(H4,15,16,17);1H. The van der Waals surface area contributed by atoms with Gasteiger partial charge in [0.15, 0.2) is 5.96 Å². The first kappa shape index (κ1) is 17.3. The van der Waals surface area contributed by atoms with Crippen molar-refractivity contribution < 1.29 is 0 Å². The molecule has 5 nitrogen and oxygen atoms in total. The van der Waals surface area contributed by atoms with E-state index in [2.05, 4.69) is 20.9 Å². The monoisotopic (exact) mass is 409 g/mol. The van der Waals surface area contributed by atoms with Crippen LogP contribution in [-0.2, 0) is 0 Å². The van der Waals surface area contributed by atoms with Crippen molar-refractivity contribution in [2.75, 3.05) is 44.2 Å². The molecule has 1 aromatic carbocycles. The van der Waals surface area contributed by atoms with Crippen molar-refractivity contribution in [3.05, 3.63) is 29.3 Å². The van der Waals surface area contributed by atoms with Gasteiger partial charge in [-0.05, 0) is 18.2 Å². The van der Waals surface area contributed by atoms with Crippen molar-refractivity contribution in [1.29, 1.82) is 0 Å². The zero-order valence-electron chi connectivity index (χ0n) is 11.3. The Morgan fingerprint density at radius 2 is 1.90 bits per heavy atom. The zero-order chi connectivity index (χ0) is 13.7. The van der Waals surface area contributed by atoms with Crippen LogP contribution in [0.25, 0.3) is 0 Å². The molecule has 0 radical (unpaired) electrons. The minimum Gasteiger partial charge on any atom is -0.370 e. The van der Waals surface area contributed by atoms with Gasteiger partial charge in [-0.3, -0.25) is 9.89 Å². The van der Waals surface area contributed by atoms with E-state index < -0.39 is 0 Å². The fourth-order valence-electron chi connectivity index (χ4n) is 2.22. The van der Waals surface area contributed by atoms with Crippen LogP contribution >= 0.6 is 35.6 Å². The Morgan fingerprint density at radius 1 is 1.20 bits per heavy atom. The topological polar surface area (TPSA) is 70.9 Å². The van der Waals surface area contributed by atoms with Gasteiger partial charge in [-0.2, -0.15) is 0 Å². The van der Waals surface area contributed by atoms with Crippen LogP contribution in [0.4, 0.5) is 5.69 Å². The van der Waals surface area contributed by atoms with Crippen LogP contribution in [0, 0.1) is 0 Å². The first-order chi connectivity index (χ1) is 9.15. The lowest BCUT2D eigenvalue weighted by molar-refractivity contribution is 0.265. The molecule has 4 N–H and O–H groups in total. The molecule has 0 unspecified atom stereocenters. The number of guanidine groups is 1. The minimum atomic E-state index is 0. The van der Waals surface area contributed by atoms with Gasteiger partial charge in [0.1, 0.15) is 0 Å². The van der Waals surface area contributed by atoms with Crippen molar-refractivity contribution in [2.45, 2.75) is 0 Å². The number of benzene rings is 1. The first-order valence-electron chi connectivity index (χ1n) is 6.43. The lowest BCUT2D eigenvalue weighted by Crippen LogP contribution is -2.47. The average molecular weight is 410 g/mol. The van der Waals surface area contributed by atoms with E-state index in [1.165, 1.54) is 5.69 Å². The van der Waals surface area contributed by atoms with E-state index in [4.69, 9.17) is 23.1 Å². The van der Waals surface area contributed by atoms with E-state index in [1.807, 2.05) is 18.2 Å². The van der Waals surface area contributed by atoms with E-state index >= 15 is 0 Å². The molecule has 0 spiro atoms. The van der Waals surface area contributed by atoms with Gasteiger partial charge in [-0.25, -0.2) is 0 Å². The molecule has 0 amide bonds. The summed E-state index contributed by atoms with van der Waals surface area (Å²) in [6, 6.07) is 8.00. The fourth-order valence-corrected chi connectivity index (χ4v) is 2.41. The second-order valence-electron chi connectivity index (χ2n) is 4.62. The zero-order valence-corrected chi connectivity index (χ0v) is 14.4. The lowest BCUT2D eigenvalue weighted by atomic mass is 10.2. The Labute approximate surface area is 142 Å². The predicted octanol–water partition coefficient (Wildman–Crippen LogP) is 1.35. The summed E-state index contributed by atoms with van der Waals surface area (Å²) >= 11 is 6.02. The van der Waals surface area contributed by atoms with Crippen molar-refractivity contribution in [3.63, 3.8) is 0 Å². The number of nitrogens with two attached hydrogens (primary N) is 2. The highest BCUT2D eigenvalue weighted by Crippen LogP contribution is 2.20. The lowest BCUT2D eigenvalue weighted by Gasteiger charge is -2.35. The summed E-state index contributed by atoms with van der Waals surface area (Å²) in [4.78, 5) is 8.73. The van der Waals surface area contributed by atoms with E-state index in [0.717, 1.165) is 37.7 Å². The third kappa shape index (κ3) is 5.34. The summed E-state index contributed by atoms with van der Waals surface area (Å²) in [6.07, 6.45) is 0. The highest BCUT2D eigenvalue weighted by atomic mass is 127. The Balaban J connectivity index is 0.00000200. The maximum absolute atomic E-state index is 6.02. The predicted molar refractivity (Wildman–Crippen MR) is 96.2 cm³/mol. The molecule has 0 bridgehead atoms. The quantitative estimate of drug-likeness (QED) is 0.447. The summed E-state index contributed by atoms with van der Waals surface area (Å²) < 4.78 is 0. The third-order valence-corrected chi connectivity index (χ3v) is 3.49. The van der Waals surface area contributed by atoms with E-state index in [0.29, 0.717) is 6.54 Å². The van der Waals surface area contributed by atoms with Crippen molar-refractivity contribution >= 4 is 47.2 Å². The molecule has 1 fully saturated rings. The van der Waals surface area contributed by atoms with Gasteiger partial charge < -0.3 is 16.4 Å². The number of halogens is 2. The van der Waals surface area contributed by atoms with Gasteiger partial charge in [-0.15, -0.1) is 24.0 Å². The normalized spacial score (nSPS) is 15.6. The number of aliphatic imine (C=N–C) groups is 1. The fraction of sp³-hybridized carbons (Fsp3) is 0.462. The Bertz CT molecular complexity index is 442. The molecule has 1 aliphatic heterocycles. The third-order valence-electron chi connectivity index (χ3n) is 3.26. The number of piperazine rings is 1. The van der Waals surface area contributed by atoms with Gasteiger partial charge in [-0.1, -0.05) is 17.7 Å². The van der Waals surface area contributed by atoms with Crippen LogP contribution in [0.5, 0.6) is 0 Å². The van der Waals surface area contributed by atoms with Crippen LogP contribution in [0.15, 0.2) is 29.3 Å². The highest BCUT2D eigenvalue weighted by Gasteiger charge is 2.16. The molecule has 1 aliphatic rings. The number of hydrogen-bond acceptors (Lipinski definition) is 3. The molecule has 0 aromatic heterocycles. The molecule has 2 rings (SSSR count). The molecule has 112 valence electrons. The molecule has 0 saturated carbocycles. The van der Waals surface area contributed by atoms with Gasteiger partial charge in [0.05, 0.1) is 6.54 Å². The van der Waals surface area contributed by atoms with Crippen molar-refractivity contribution in [2.24, 2.45) is 16.5 Å². The van der Waals surface area contributed by atoms with E-state index in [-0.39, 0.29) is 29.9 Å².